The number of halogens is 6. The van der Waals surface area contributed by atoms with Gasteiger partial charge in [-0.2, -0.15) is 13.2 Å². The molecule has 0 fully saturated rings. The minimum absolute atomic E-state index is 0. The number of anilines is 2. The lowest BCUT2D eigenvalue weighted by Crippen LogP contribution is -2.33. The van der Waals surface area contributed by atoms with E-state index in [0.29, 0.717) is 30.6 Å². The zero-order valence-corrected chi connectivity index (χ0v) is 21.7. The Morgan fingerprint density at radius 3 is 2.62 bits per heavy atom. The maximum absolute atomic E-state index is 13.0. The Balaban J connectivity index is 0.00000241. The van der Waals surface area contributed by atoms with Gasteiger partial charge in [-0.1, -0.05) is 17.7 Å². The van der Waals surface area contributed by atoms with Crippen LogP contribution in [0.25, 0.3) is 11.0 Å². The Bertz CT molecular complexity index is 1380. The summed E-state index contributed by atoms with van der Waals surface area (Å²) in [5, 5.41) is 6.43. The van der Waals surface area contributed by atoms with Crippen molar-refractivity contribution >= 4 is 64.9 Å². The average molecular weight is 577 g/mol. The highest BCUT2D eigenvalue weighted by Gasteiger charge is 2.30. The molecule has 0 spiro atoms. The zero-order chi connectivity index (χ0) is 25.0. The van der Waals surface area contributed by atoms with Gasteiger partial charge in [0.1, 0.15) is 23.3 Å². The van der Waals surface area contributed by atoms with Crippen molar-refractivity contribution in [1.29, 1.82) is 0 Å². The molecule has 0 amide bonds. The van der Waals surface area contributed by atoms with E-state index >= 15 is 0 Å². The lowest BCUT2D eigenvalue weighted by atomic mass is 10.2. The summed E-state index contributed by atoms with van der Waals surface area (Å²) in [5.74, 6) is 1.15. The predicted octanol–water partition coefficient (Wildman–Crippen LogP) is 6.02. The van der Waals surface area contributed by atoms with Crippen molar-refractivity contribution in [2.24, 2.45) is 10.7 Å². The van der Waals surface area contributed by atoms with Gasteiger partial charge in [-0.15, -0.1) is 24.8 Å². The van der Waals surface area contributed by atoms with Gasteiger partial charge in [0.15, 0.2) is 11.8 Å². The second-order valence-electron chi connectivity index (χ2n) is 7.40. The summed E-state index contributed by atoms with van der Waals surface area (Å²) in [5.41, 5.74) is 7.01. The molecule has 4 N–H and O–H groups in total. The number of nitrogens with zero attached hydrogens (tertiary/aromatic N) is 4. The fourth-order valence-corrected chi connectivity index (χ4v) is 3.57. The van der Waals surface area contributed by atoms with Gasteiger partial charge in [0.25, 0.3) is 0 Å². The largest absolute Gasteiger partial charge is 0.456 e. The predicted molar refractivity (Wildman–Crippen MR) is 144 cm³/mol. The van der Waals surface area contributed by atoms with E-state index in [4.69, 9.17) is 22.1 Å². The quantitative estimate of drug-likeness (QED) is 0.184. The number of guanidine groups is 1. The third-order valence-corrected chi connectivity index (χ3v) is 5.33. The number of hydrogen-bond acceptors (Lipinski definition) is 5. The number of benzene rings is 2. The molecule has 37 heavy (non-hydrogen) atoms. The first kappa shape index (κ1) is 29.8. The number of aromatic nitrogens is 3. The number of rotatable bonds is 7. The van der Waals surface area contributed by atoms with Crippen LogP contribution in [0.2, 0.25) is 5.02 Å². The lowest BCUT2D eigenvalue weighted by molar-refractivity contribution is -0.137. The summed E-state index contributed by atoms with van der Waals surface area (Å²) in [6.07, 6.45) is -1.13. The Hall–Kier alpha value is -3.41. The molecule has 14 heteroatoms. The molecule has 0 aliphatic carbocycles. The summed E-state index contributed by atoms with van der Waals surface area (Å²) in [6, 6.07) is 11.3. The van der Waals surface area contributed by atoms with Crippen LogP contribution in [0.5, 0.6) is 11.5 Å². The smallest absolute Gasteiger partial charge is 0.416 e. The van der Waals surface area contributed by atoms with E-state index in [0.717, 1.165) is 23.2 Å². The van der Waals surface area contributed by atoms with Crippen LogP contribution >= 0.6 is 36.4 Å². The topological polar surface area (TPSA) is 102 Å². The second kappa shape index (κ2) is 12.7. The molecule has 0 bridgehead atoms. The van der Waals surface area contributed by atoms with Crippen LogP contribution in [-0.2, 0) is 12.7 Å². The van der Waals surface area contributed by atoms with Crippen LogP contribution in [0.1, 0.15) is 5.56 Å². The van der Waals surface area contributed by atoms with Crippen molar-refractivity contribution in [1.82, 2.24) is 19.9 Å². The number of alkyl halides is 3. The molecule has 0 aliphatic rings. The Labute approximate surface area is 227 Å². The first-order valence-corrected chi connectivity index (χ1v) is 10.8. The Kier molecular flexibility index (Phi) is 10.2. The van der Waals surface area contributed by atoms with E-state index in [9.17, 15) is 13.2 Å². The van der Waals surface area contributed by atoms with E-state index in [1.54, 1.807) is 25.2 Å². The third-order valence-electron chi connectivity index (χ3n) is 5.03. The number of hydrogen-bond donors (Lipinski definition) is 3. The van der Waals surface area contributed by atoms with Crippen LogP contribution in [-0.4, -0.2) is 34.1 Å². The van der Waals surface area contributed by atoms with Gasteiger partial charge in [0.2, 0.25) is 0 Å². The van der Waals surface area contributed by atoms with E-state index < -0.39 is 11.7 Å². The first-order chi connectivity index (χ1) is 16.7. The standard InChI is InChI=1S/C23H21ClF3N7O.2ClH/c1-29-22(28)30-8-10-34-9-7-18-20(34)21(32-13-31-18)33-15-5-6-19(17(24)12-15)35-16-4-2-3-14(11-16)23(25,26)27;;/h2-7,9,11-13H,8,10H2,1H3,(H3,28,29,30)(H,31,32,33);2*1H. The van der Waals surface area contributed by atoms with Crippen LogP contribution in [0.3, 0.4) is 0 Å². The van der Waals surface area contributed by atoms with Gasteiger partial charge < -0.3 is 25.7 Å². The molecule has 0 saturated heterocycles. The molecular weight excluding hydrogens is 554 g/mol. The molecule has 0 aliphatic heterocycles. The zero-order valence-electron chi connectivity index (χ0n) is 19.3. The first-order valence-electron chi connectivity index (χ1n) is 10.4. The van der Waals surface area contributed by atoms with Crippen LogP contribution in [0.15, 0.2) is 66.0 Å². The van der Waals surface area contributed by atoms with E-state index in [2.05, 4.69) is 25.6 Å². The van der Waals surface area contributed by atoms with Gasteiger partial charge in [-0.05, 0) is 42.5 Å². The van der Waals surface area contributed by atoms with Crippen LogP contribution in [0, 0.1) is 0 Å². The SMILES string of the molecule is CN=C(N)NCCn1ccc2ncnc(Nc3ccc(Oc4cccc(C(F)(F)F)c4)c(Cl)c3)c21.Cl.Cl. The van der Waals surface area contributed by atoms with E-state index in [1.807, 2.05) is 16.8 Å². The molecule has 0 unspecified atom stereocenters. The number of nitrogens with two attached hydrogens (primary N) is 1. The minimum atomic E-state index is -4.47. The minimum Gasteiger partial charge on any atom is -0.456 e. The molecule has 0 atom stereocenters. The van der Waals surface area contributed by atoms with Gasteiger partial charge in [-0.3, -0.25) is 4.99 Å². The van der Waals surface area contributed by atoms with Crippen molar-refractivity contribution in [2.75, 3.05) is 18.9 Å². The molecule has 4 aromatic rings. The molecule has 8 nitrogen and oxygen atoms in total. The van der Waals surface area contributed by atoms with Crippen molar-refractivity contribution in [2.45, 2.75) is 12.7 Å². The monoisotopic (exact) mass is 575 g/mol. The Morgan fingerprint density at radius 1 is 1.14 bits per heavy atom. The van der Waals surface area contributed by atoms with E-state index in [-0.39, 0.29) is 41.3 Å². The summed E-state index contributed by atoms with van der Waals surface area (Å²) >= 11 is 6.36. The number of nitrogens with one attached hydrogen (secondary N) is 2. The highest BCUT2D eigenvalue weighted by Crippen LogP contribution is 2.36. The van der Waals surface area contributed by atoms with Gasteiger partial charge >= 0.3 is 6.18 Å². The molecule has 0 radical (unpaired) electrons. The highest BCUT2D eigenvalue weighted by molar-refractivity contribution is 6.32. The maximum atomic E-state index is 13.0. The van der Waals surface area contributed by atoms with Gasteiger partial charge in [0.05, 0.1) is 16.1 Å². The number of ether oxygens (including phenoxy) is 1. The molecule has 2 aromatic heterocycles. The molecule has 2 aromatic carbocycles. The summed E-state index contributed by atoms with van der Waals surface area (Å²) in [6.45, 7) is 1.14. The van der Waals surface area contributed by atoms with Crippen LogP contribution in [0.4, 0.5) is 24.7 Å². The second-order valence-corrected chi connectivity index (χ2v) is 7.81. The Morgan fingerprint density at radius 2 is 1.92 bits per heavy atom. The third kappa shape index (κ3) is 7.31. The van der Waals surface area contributed by atoms with Gasteiger partial charge in [0, 0.05) is 32.0 Å². The van der Waals surface area contributed by atoms with Gasteiger partial charge in [-0.25, -0.2) is 9.97 Å². The number of fused-ring (bicyclic) bond motifs is 1. The van der Waals surface area contributed by atoms with E-state index in [1.165, 1.54) is 18.5 Å². The van der Waals surface area contributed by atoms with Crippen molar-refractivity contribution in [3.63, 3.8) is 0 Å². The van der Waals surface area contributed by atoms with Crippen molar-refractivity contribution < 1.29 is 17.9 Å². The molecule has 198 valence electrons. The number of aliphatic imine (C=N–C) groups is 1. The van der Waals surface area contributed by atoms with Crippen LogP contribution < -0.4 is 21.1 Å². The fraction of sp³-hybridized carbons (Fsp3) is 0.174. The average Bonchev–Trinajstić information content (AvgIpc) is 3.24. The normalized spacial score (nSPS) is 11.4. The molecule has 0 saturated carbocycles. The maximum Gasteiger partial charge on any atom is 0.416 e. The molecule has 4 rings (SSSR count). The van der Waals surface area contributed by atoms with Crippen molar-refractivity contribution in [3.8, 4) is 11.5 Å². The summed E-state index contributed by atoms with van der Waals surface area (Å²) in [7, 11) is 1.60. The molecular formula is C23H23Cl3F3N7O. The molecule has 2 heterocycles. The fourth-order valence-electron chi connectivity index (χ4n) is 3.35. The van der Waals surface area contributed by atoms with Crippen molar-refractivity contribution in [3.05, 3.63) is 71.6 Å². The summed E-state index contributed by atoms with van der Waals surface area (Å²) in [4.78, 5) is 12.5. The highest BCUT2D eigenvalue weighted by atomic mass is 35.5. The lowest BCUT2D eigenvalue weighted by Gasteiger charge is -2.13. The summed E-state index contributed by atoms with van der Waals surface area (Å²) < 4.78 is 46.5.